The summed E-state index contributed by atoms with van der Waals surface area (Å²) in [7, 11) is 0. The number of carbonyl (C=O) groups excluding carboxylic acids is 1. The van der Waals surface area contributed by atoms with Crippen molar-refractivity contribution in [2.24, 2.45) is 5.73 Å². The Labute approximate surface area is 85.2 Å². The zero-order chi connectivity index (χ0) is 10.7. The summed E-state index contributed by atoms with van der Waals surface area (Å²) in [6.45, 7) is 1.33. The van der Waals surface area contributed by atoms with Crippen LogP contribution in [0.25, 0.3) is 0 Å². The highest BCUT2D eigenvalue weighted by Crippen LogP contribution is 2.27. The van der Waals surface area contributed by atoms with Crippen LogP contribution in [0, 0.1) is 6.92 Å². The van der Waals surface area contributed by atoms with Gasteiger partial charge in [0.1, 0.15) is 5.82 Å². The molecule has 0 bridgehead atoms. The molecular weight excluding hydrogens is 208 g/mol. The predicted octanol–water partition coefficient (Wildman–Crippen LogP) is -0.115. The molecule has 1 aromatic heterocycles. The highest BCUT2D eigenvalue weighted by atomic mass is 35.5. The van der Waals surface area contributed by atoms with Crippen LogP contribution in [-0.4, -0.2) is 22.5 Å². The summed E-state index contributed by atoms with van der Waals surface area (Å²) in [5, 5.41) is 0.0660. The van der Waals surface area contributed by atoms with Gasteiger partial charge in [0.25, 0.3) is 5.91 Å². The SMILES string of the molecule is Cc1nc(N)c(OCC(N)=O)c(Cl)n1. The van der Waals surface area contributed by atoms with Crippen LogP contribution in [-0.2, 0) is 4.79 Å². The van der Waals surface area contributed by atoms with E-state index in [1.54, 1.807) is 6.92 Å². The van der Waals surface area contributed by atoms with Crippen molar-refractivity contribution < 1.29 is 9.53 Å². The van der Waals surface area contributed by atoms with Gasteiger partial charge in [0.05, 0.1) is 0 Å². The van der Waals surface area contributed by atoms with E-state index in [1.165, 1.54) is 0 Å². The van der Waals surface area contributed by atoms with Crippen LogP contribution in [0.4, 0.5) is 5.82 Å². The lowest BCUT2D eigenvalue weighted by Gasteiger charge is -2.07. The number of amides is 1. The molecule has 0 atom stereocenters. The molecule has 76 valence electrons. The van der Waals surface area contributed by atoms with Gasteiger partial charge in [-0.25, -0.2) is 9.97 Å². The van der Waals surface area contributed by atoms with E-state index >= 15 is 0 Å². The van der Waals surface area contributed by atoms with Gasteiger partial charge in [-0.15, -0.1) is 0 Å². The molecule has 14 heavy (non-hydrogen) atoms. The molecule has 0 aliphatic rings. The number of hydrogen-bond donors (Lipinski definition) is 2. The van der Waals surface area contributed by atoms with Gasteiger partial charge in [0.15, 0.2) is 23.3 Å². The summed E-state index contributed by atoms with van der Waals surface area (Å²) < 4.78 is 4.93. The zero-order valence-corrected chi connectivity index (χ0v) is 8.21. The molecule has 0 saturated carbocycles. The normalized spacial score (nSPS) is 9.86. The number of anilines is 1. The van der Waals surface area contributed by atoms with Gasteiger partial charge >= 0.3 is 0 Å². The molecule has 0 radical (unpaired) electrons. The summed E-state index contributed by atoms with van der Waals surface area (Å²) in [5.41, 5.74) is 10.4. The van der Waals surface area contributed by atoms with Gasteiger partial charge in [-0.1, -0.05) is 11.6 Å². The van der Waals surface area contributed by atoms with Crippen molar-refractivity contribution in [3.05, 3.63) is 11.0 Å². The molecular formula is C7H9ClN4O2. The Morgan fingerprint density at radius 3 is 2.71 bits per heavy atom. The molecule has 4 N–H and O–H groups in total. The lowest BCUT2D eigenvalue weighted by Crippen LogP contribution is -2.20. The second-order valence-electron chi connectivity index (χ2n) is 2.53. The zero-order valence-electron chi connectivity index (χ0n) is 7.45. The van der Waals surface area contributed by atoms with Crippen molar-refractivity contribution in [2.75, 3.05) is 12.3 Å². The Morgan fingerprint density at radius 1 is 1.57 bits per heavy atom. The van der Waals surface area contributed by atoms with Crippen LogP contribution in [0.2, 0.25) is 5.15 Å². The molecule has 7 heteroatoms. The molecule has 0 spiro atoms. The second-order valence-corrected chi connectivity index (χ2v) is 2.89. The molecule has 0 aliphatic heterocycles. The van der Waals surface area contributed by atoms with Crippen molar-refractivity contribution in [2.45, 2.75) is 6.92 Å². The van der Waals surface area contributed by atoms with E-state index in [9.17, 15) is 4.79 Å². The van der Waals surface area contributed by atoms with E-state index in [-0.39, 0.29) is 23.3 Å². The van der Waals surface area contributed by atoms with Gasteiger partial charge in [0.2, 0.25) is 0 Å². The Hall–Kier alpha value is -1.56. The van der Waals surface area contributed by atoms with Gasteiger partial charge < -0.3 is 16.2 Å². The van der Waals surface area contributed by atoms with Crippen molar-refractivity contribution in [3.63, 3.8) is 0 Å². The Kier molecular flexibility index (Phi) is 3.08. The van der Waals surface area contributed by atoms with Gasteiger partial charge in [-0.3, -0.25) is 4.79 Å². The van der Waals surface area contributed by atoms with Crippen LogP contribution >= 0.6 is 11.6 Å². The highest BCUT2D eigenvalue weighted by Gasteiger charge is 2.11. The lowest BCUT2D eigenvalue weighted by molar-refractivity contribution is -0.119. The third-order valence-corrected chi connectivity index (χ3v) is 1.58. The number of primary amides is 1. The number of aromatic nitrogens is 2. The average Bonchev–Trinajstić information content (AvgIpc) is 2.01. The predicted molar refractivity (Wildman–Crippen MR) is 50.9 cm³/mol. The van der Waals surface area contributed by atoms with E-state index in [2.05, 4.69) is 9.97 Å². The minimum Gasteiger partial charge on any atom is -0.477 e. The van der Waals surface area contributed by atoms with E-state index in [0.29, 0.717) is 5.82 Å². The first-order valence-electron chi connectivity index (χ1n) is 3.71. The quantitative estimate of drug-likeness (QED) is 0.686. The maximum atomic E-state index is 10.4. The smallest absolute Gasteiger partial charge is 0.255 e. The highest BCUT2D eigenvalue weighted by molar-refractivity contribution is 6.31. The first-order valence-corrected chi connectivity index (χ1v) is 4.09. The maximum Gasteiger partial charge on any atom is 0.255 e. The summed E-state index contributed by atoms with van der Waals surface area (Å²) >= 11 is 5.71. The number of hydrogen-bond acceptors (Lipinski definition) is 5. The lowest BCUT2D eigenvalue weighted by atomic mass is 10.5. The van der Waals surface area contributed by atoms with Gasteiger partial charge in [-0.05, 0) is 6.92 Å². The van der Waals surface area contributed by atoms with Crippen molar-refractivity contribution in [1.29, 1.82) is 0 Å². The molecule has 0 unspecified atom stereocenters. The molecule has 1 aromatic rings. The van der Waals surface area contributed by atoms with Crippen LogP contribution in [0.3, 0.4) is 0 Å². The number of ether oxygens (including phenoxy) is 1. The van der Waals surface area contributed by atoms with E-state index in [1.807, 2.05) is 0 Å². The standard InChI is InChI=1S/C7H9ClN4O2/c1-3-11-6(8)5(7(10)12-3)14-2-4(9)13/h2H2,1H3,(H2,9,13)(H2,10,11,12). The molecule has 6 nitrogen and oxygen atoms in total. The number of rotatable bonds is 3. The number of nitrogen functional groups attached to an aromatic ring is 1. The molecule has 0 aliphatic carbocycles. The van der Waals surface area contributed by atoms with E-state index in [4.69, 9.17) is 27.8 Å². The molecule has 0 saturated heterocycles. The summed E-state index contributed by atoms with van der Waals surface area (Å²) in [6, 6.07) is 0. The van der Waals surface area contributed by atoms with E-state index < -0.39 is 5.91 Å². The maximum absolute atomic E-state index is 10.4. The van der Waals surface area contributed by atoms with Gasteiger partial charge in [-0.2, -0.15) is 0 Å². The molecule has 0 aromatic carbocycles. The molecule has 1 rings (SSSR count). The molecule has 1 heterocycles. The number of nitrogens with zero attached hydrogens (tertiary/aromatic N) is 2. The number of nitrogens with two attached hydrogens (primary N) is 2. The van der Waals surface area contributed by atoms with Crippen molar-refractivity contribution >= 4 is 23.3 Å². The van der Waals surface area contributed by atoms with Crippen LogP contribution in [0.5, 0.6) is 5.75 Å². The minimum atomic E-state index is -0.624. The third kappa shape index (κ3) is 2.46. The fourth-order valence-electron chi connectivity index (χ4n) is 0.825. The molecule has 0 fully saturated rings. The van der Waals surface area contributed by atoms with Crippen molar-refractivity contribution in [1.82, 2.24) is 9.97 Å². The summed E-state index contributed by atoms with van der Waals surface area (Å²) in [5.74, 6) is -0.0280. The monoisotopic (exact) mass is 216 g/mol. The number of carbonyl (C=O) groups is 1. The Bertz CT molecular complexity index is 346. The number of aryl methyl sites for hydroxylation is 1. The van der Waals surface area contributed by atoms with Gasteiger partial charge in [0, 0.05) is 0 Å². The number of halogens is 1. The van der Waals surface area contributed by atoms with E-state index in [0.717, 1.165) is 0 Å². The van der Waals surface area contributed by atoms with Crippen LogP contribution < -0.4 is 16.2 Å². The Balaban J connectivity index is 2.91. The fourth-order valence-corrected chi connectivity index (χ4v) is 1.10. The second kappa shape index (κ2) is 4.10. The summed E-state index contributed by atoms with van der Waals surface area (Å²) in [4.78, 5) is 18.1. The van der Waals surface area contributed by atoms with Crippen LogP contribution in [0.1, 0.15) is 5.82 Å². The molecule has 1 amide bonds. The third-order valence-electron chi connectivity index (χ3n) is 1.32. The minimum absolute atomic E-state index is 0.0660. The average molecular weight is 217 g/mol. The first-order chi connectivity index (χ1) is 6.50. The van der Waals surface area contributed by atoms with Crippen LogP contribution in [0.15, 0.2) is 0 Å². The topological polar surface area (TPSA) is 104 Å². The first kappa shape index (κ1) is 10.5. The fraction of sp³-hybridized carbons (Fsp3) is 0.286. The Morgan fingerprint density at radius 2 is 2.21 bits per heavy atom. The largest absolute Gasteiger partial charge is 0.477 e. The summed E-state index contributed by atoms with van der Waals surface area (Å²) in [6.07, 6.45) is 0. The van der Waals surface area contributed by atoms with Crippen molar-refractivity contribution in [3.8, 4) is 5.75 Å².